The van der Waals surface area contributed by atoms with Gasteiger partial charge in [-0.3, -0.25) is 4.68 Å². The second kappa shape index (κ2) is 12.9. The van der Waals surface area contributed by atoms with Crippen LogP contribution >= 0.6 is 35.1 Å². The smallest absolute Gasteiger partial charge is 0.352 e. The summed E-state index contributed by atoms with van der Waals surface area (Å²) in [5, 5.41) is 19.1. The SMILES string of the molecule is Cn1nc2cc1CSc1cc(c3ccccc3c1)OCCCc1c(C(=O)O)n(C)c3c(c(Cl)ccc13)-c1c(nc3n1CCCC3)CSC2. The molecule has 8 rings (SSSR count). The topological polar surface area (TPSA) is 87.1 Å². The predicted octanol–water partition coefficient (Wildman–Crippen LogP) is 8.67. The highest BCUT2D eigenvalue weighted by molar-refractivity contribution is 7.98. The number of aromatic nitrogens is 5. The lowest BCUT2D eigenvalue weighted by Crippen LogP contribution is -2.12. The molecule has 1 N–H and O–H groups in total. The maximum Gasteiger partial charge on any atom is 0.352 e. The maximum absolute atomic E-state index is 12.8. The molecule has 0 saturated carbocycles. The van der Waals surface area contributed by atoms with Crippen molar-refractivity contribution in [1.82, 2.24) is 23.9 Å². The number of hydrogen-bond acceptors (Lipinski definition) is 6. The molecule has 11 heteroatoms. The number of rotatable bonds is 1. The molecule has 2 aliphatic rings. The van der Waals surface area contributed by atoms with Crippen molar-refractivity contribution in [3.05, 3.63) is 93.8 Å². The number of carbonyl (C=O) groups is 1. The number of aromatic carboxylic acids is 1. The first-order valence-corrected chi connectivity index (χ1v) is 18.9. The Morgan fingerprint density at radius 1 is 0.979 bits per heavy atom. The average Bonchev–Trinajstić information content (AvgIpc) is 3.72. The van der Waals surface area contributed by atoms with Gasteiger partial charge in [-0.2, -0.15) is 5.10 Å². The van der Waals surface area contributed by atoms with Crippen molar-refractivity contribution >= 4 is 62.8 Å². The summed E-state index contributed by atoms with van der Waals surface area (Å²) < 4.78 is 12.6. The summed E-state index contributed by atoms with van der Waals surface area (Å²) in [7, 11) is 3.86. The van der Waals surface area contributed by atoms with Crippen LogP contribution in [0.25, 0.3) is 32.9 Å². The van der Waals surface area contributed by atoms with Gasteiger partial charge in [0.15, 0.2) is 0 Å². The quantitative estimate of drug-likeness (QED) is 0.184. The van der Waals surface area contributed by atoms with E-state index in [2.05, 4.69) is 41.0 Å². The van der Waals surface area contributed by atoms with Gasteiger partial charge in [0.05, 0.1) is 34.2 Å². The van der Waals surface area contributed by atoms with Crippen molar-refractivity contribution in [1.29, 1.82) is 0 Å². The zero-order valence-corrected chi connectivity index (χ0v) is 29.4. The molecule has 0 radical (unpaired) electrons. The molecule has 3 aromatic carbocycles. The standard InChI is InChI=1S/C37H36ClN5O3S2/c1-41-34-28-12-13-29(38)33(34)36-30(39-32-11-5-6-14-43(32)36)21-47-19-23-17-24(42(2)40-23)20-48-25-16-22-8-3-4-9-26(22)31(18-25)46-15-7-10-27(28)35(41)37(44)45/h3-4,8-9,12-13,16-18H,5-7,10-11,14-15,19-21H2,1-2H3,(H,44,45). The van der Waals surface area contributed by atoms with Gasteiger partial charge in [0.1, 0.15) is 17.3 Å². The molecule has 0 saturated heterocycles. The molecule has 6 aromatic rings. The van der Waals surface area contributed by atoms with E-state index in [1.807, 2.05) is 41.5 Å². The van der Waals surface area contributed by atoms with E-state index in [1.165, 1.54) is 5.69 Å². The lowest BCUT2D eigenvalue weighted by atomic mass is 10.0. The number of fused-ring (bicyclic) bond motifs is 10. The first-order chi connectivity index (χ1) is 23.4. The van der Waals surface area contributed by atoms with Crippen molar-refractivity contribution in [2.24, 2.45) is 14.1 Å². The number of halogens is 1. The Balaban J connectivity index is 1.27. The Hall–Kier alpha value is -3.86. The van der Waals surface area contributed by atoms with Crippen molar-refractivity contribution in [3.8, 4) is 17.0 Å². The van der Waals surface area contributed by atoms with Crippen LogP contribution in [0, 0.1) is 0 Å². The second-order valence-electron chi connectivity index (χ2n) is 12.6. The lowest BCUT2D eigenvalue weighted by Gasteiger charge is -2.18. The van der Waals surface area contributed by atoms with Crippen molar-refractivity contribution < 1.29 is 14.6 Å². The van der Waals surface area contributed by atoms with E-state index >= 15 is 0 Å². The summed E-state index contributed by atoms with van der Waals surface area (Å²) in [5.74, 6) is 3.21. The lowest BCUT2D eigenvalue weighted by molar-refractivity contribution is 0.0685. The van der Waals surface area contributed by atoms with Gasteiger partial charge in [-0.05, 0) is 60.9 Å². The molecule has 5 heterocycles. The van der Waals surface area contributed by atoms with Crippen LogP contribution in [-0.2, 0) is 50.7 Å². The third kappa shape index (κ3) is 5.57. The van der Waals surface area contributed by atoms with Gasteiger partial charge in [-0.25, -0.2) is 9.78 Å². The van der Waals surface area contributed by atoms with Crippen LogP contribution in [0.2, 0.25) is 5.02 Å². The third-order valence-corrected chi connectivity index (χ3v) is 11.8. The van der Waals surface area contributed by atoms with Crippen LogP contribution < -0.4 is 4.74 Å². The number of thioether (sulfide) groups is 2. The van der Waals surface area contributed by atoms with E-state index in [9.17, 15) is 9.90 Å². The summed E-state index contributed by atoms with van der Waals surface area (Å²) in [6, 6.07) is 18.7. The highest BCUT2D eigenvalue weighted by atomic mass is 35.5. The number of hydrogen-bond donors (Lipinski definition) is 1. The van der Waals surface area contributed by atoms with Gasteiger partial charge in [0, 0.05) is 71.2 Å². The Morgan fingerprint density at radius 3 is 2.73 bits per heavy atom. The van der Waals surface area contributed by atoms with Crippen LogP contribution in [0.3, 0.4) is 0 Å². The molecule has 0 amide bonds. The fourth-order valence-corrected chi connectivity index (χ4v) is 9.41. The Kier molecular flexibility index (Phi) is 8.42. The van der Waals surface area contributed by atoms with Gasteiger partial charge in [0.2, 0.25) is 0 Å². The molecule has 8 bridgehead atoms. The normalized spacial score (nSPS) is 15.6. The zero-order valence-electron chi connectivity index (χ0n) is 27.0. The Bertz CT molecular complexity index is 2220. The van der Waals surface area contributed by atoms with Gasteiger partial charge in [0.25, 0.3) is 0 Å². The molecule has 0 atom stereocenters. The maximum atomic E-state index is 12.8. The number of carboxylic acid groups (broad SMARTS) is 1. The number of aryl methyl sites for hydroxylation is 4. The zero-order chi connectivity index (χ0) is 32.9. The average molecular weight is 698 g/mol. The molecule has 3 aromatic heterocycles. The molecular weight excluding hydrogens is 662 g/mol. The minimum absolute atomic E-state index is 0.291. The molecular formula is C37H36ClN5O3S2. The highest BCUT2D eigenvalue weighted by Gasteiger charge is 2.29. The van der Waals surface area contributed by atoms with E-state index in [-0.39, 0.29) is 0 Å². The predicted molar refractivity (Wildman–Crippen MR) is 195 cm³/mol. The first-order valence-electron chi connectivity index (χ1n) is 16.4. The first kappa shape index (κ1) is 31.4. The fraction of sp³-hybridized carbons (Fsp3) is 0.324. The molecule has 0 fully saturated rings. The Labute approximate surface area is 292 Å². The number of imidazole rings is 1. The number of nitrogens with zero attached hydrogens (tertiary/aromatic N) is 5. The molecule has 2 aliphatic heterocycles. The highest BCUT2D eigenvalue weighted by Crippen LogP contribution is 2.43. The fourth-order valence-electron chi connectivity index (χ4n) is 7.34. The van der Waals surface area contributed by atoms with E-state index < -0.39 is 5.97 Å². The molecule has 48 heavy (non-hydrogen) atoms. The number of ether oxygens (including phenoxy) is 1. The minimum Gasteiger partial charge on any atom is -0.493 e. The summed E-state index contributed by atoms with van der Waals surface area (Å²) in [6.07, 6.45) is 4.31. The largest absolute Gasteiger partial charge is 0.493 e. The van der Waals surface area contributed by atoms with Crippen LogP contribution in [0.1, 0.15) is 58.2 Å². The summed E-state index contributed by atoms with van der Waals surface area (Å²) in [5.41, 5.74) is 7.01. The minimum atomic E-state index is -0.947. The van der Waals surface area contributed by atoms with E-state index in [0.29, 0.717) is 35.9 Å². The van der Waals surface area contributed by atoms with E-state index in [4.69, 9.17) is 26.4 Å². The molecule has 0 unspecified atom stereocenters. The molecule has 8 nitrogen and oxygen atoms in total. The Morgan fingerprint density at radius 2 is 1.85 bits per heavy atom. The van der Waals surface area contributed by atoms with Gasteiger partial charge in [-0.15, -0.1) is 23.5 Å². The van der Waals surface area contributed by atoms with Crippen LogP contribution in [0.15, 0.2) is 59.5 Å². The monoisotopic (exact) mass is 697 g/mol. The van der Waals surface area contributed by atoms with Crippen molar-refractivity contribution in [2.45, 2.75) is 60.8 Å². The molecule has 0 aliphatic carbocycles. The molecule has 246 valence electrons. The molecule has 0 spiro atoms. The third-order valence-electron chi connectivity index (χ3n) is 9.53. The van der Waals surface area contributed by atoms with E-state index in [1.54, 1.807) is 23.5 Å². The summed E-state index contributed by atoms with van der Waals surface area (Å²) >= 11 is 10.7. The summed E-state index contributed by atoms with van der Waals surface area (Å²) in [4.78, 5) is 19.1. The van der Waals surface area contributed by atoms with Gasteiger partial charge < -0.3 is 19.0 Å². The van der Waals surface area contributed by atoms with Crippen molar-refractivity contribution in [2.75, 3.05) is 6.61 Å². The second-order valence-corrected chi connectivity index (χ2v) is 15.0. The van der Waals surface area contributed by atoms with Crippen molar-refractivity contribution in [3.63, 3.8) is 0 Å². The number of benzene rings is 3. The van der Waals surface area contributed by atoms with Gasteiger partial charge >= 0.3 is 5.97 Å². The van der Waals surface area contributed by atoms with Crippen LogP contribution in [0.5, 0.6) is 5.75 Å². The van der Waals surface area contributed by atoms with Gasteiger partial charge in [-0.1, -0.05) is 41.9 Å². The summed E-state index contributed by atoms with van der Waals surface area (Å²) in [6.45, 7) is 1.32. The van der Waals surface area contributed by atoms with E-state index in [0.717, 1.165) is 104 Å². The van der Waals surface area contributed by atoms with Crippen LogP contribution in [-0.4, -0.2) is 41.6 Å². The number of carboxylic acids is 1. The van der Waals surface area contributed by atoms with Crippen LogP contribution in [0.4, 0.5) is 0 Å².